The number of carbonyl (C=O) groups is 1. The number of hydrazine groups is 1. The quantitative estimate of drug-likeness (QED) is 0.388. The van der Waals surface area contributed by atoms with E-state index in [-0.39, 0.29) is 33.2 Å². The zero-order valence-corrected chi connectivity index (χ0v) is 17.1. The Balaban J connectivity index is 1.51. The number of nitriles is 1. The van der Waals surface area contributed by atoms with E-state index in [1.54, 1.807) is 0 Å². The zero-order chi connectivity index (χ0) is 23.6. The third-order valence-electron chi connectivity index (χ3n) is 4.34. The van der Waals surface area contributed by atoms with Gasteiger partial charge in [-0.05, 0) is 36.4 Å². The lowest BCUT2D eigenvalue weighted by atomic mass is 10.3. The summed E-state index contributed by atoms with van der Waals surface area (Å²) in [6.07, 6.45) is -3.43. The second kappa shape index (κ2) is 8.68. The minimum atomic E-state index is -4.84. The normalized spacial score (nSPS) is 11.1. The van der Waals surface area contributed by atoms with Gasteiger partial charge in [0.1, 0.15) is 23.3 Å². The monoisotopic (exact) mass is 472 g/mol. The van der Waals surface area contributed by atoms with Gasteiger partial charge in [0, 0.05) is 12.3 Å². The first-order chi connectivity index (χ1) is 15.8. The number of anilines is 1. The lowest BCUT2D eigenvalue weighted by Crippen LogP contribution is -2.35. The third kappa shape index (κ3) is 4.65. The van der Waals surface area contributed by atoms with Gasteiger partial charge in [0.15, 0.2) is 0 Å². The molecule has 2 aromatic heterocycles. The van der Waals surface area contributed by atoms with E-state index in [9.17, 15) is 18.0 Å². The number of benzene rings is 2. The van der Waals surface area contributed by atoms with Gasteiger partial charge in [-0.3, -0.25) is 10.9 Å². The number of halogens is 4. The van der Waals surface area contributed by atoms with Gasteiger partial charge in [-0.15, -0.1) is 0 Å². The van der Waals surface area contributed by atoms with Gasteiger partial charge in [0.05, 0.1) is 21.7 Å². The molecule has 33 heavy (non-hydrogen) atoms. The number of amides is 1. The second-order valence-electron chi connectivity index (χ2n) is 6.55. The molecule has 0 bridgehead atoms. The molecule has 4 rings (SSSR count). The molecule has 0 saturated carbocycles. The highest BCUT2D eigenvalue weighted by Gasteiger charge is 2.39. The van der Waals surface area contributed by atoms with Crippen molar-refractivity contribution in [3.63, 3.8) is 0 Å². The van der Waals surface area contributed by atoms with E-state index in [4.69, 9.17) is 21.6 Å². The molecular weight excluding hydrogens is 461 g/mol. The number of ether oxygens (including phenoxy) is 1. The number of alkyl halides is 3. The number of pyridine rings is 1. The van der Waals surface area contributed by atoms with Gasteiger partial charge in [0.2, 0.25) is 5.82 Å². The molecule has 166 valence electrons. The molecule has 0 radical (unpaired) electrons. The molecule has 0 aliphatic rings. The molecule has 4 aromatic rings. The van der Waals surface area contributed by atoms with Crippen LogP contribution in [0.25, 0.3) is 11.0 Å². The smallest absolute Gasteiger partial charge is 0.450 e. The van der Waals surface area contributed by atoms with Crippen molar-refractivity contribution in [2.45, 2.75) is 6.18 Å². The van der Waals surface area contributed by atoms with Crippen LogP contribution in [0, 0.1) is 11.3 Å². The van der Waals surface area contributed by atoms with Crippen LogP contribution >= 0.6 is 11.6 Å². The standard InChI is InChI=1S/C21H12ClF3N6O2/c22-15-10-12(5-6-18(15)33-14-7-8-27-13(9-14)11-26)29-30-20(32)31-17-4-2-1-3-16(17)28-19(31)21(23,24)25/h1-10,29H,(H,30,32). The molecule has 12 heteroatoms. The fourth-order valence-electron chi connectivity index (χ4n) is 2.93. The summed E-state index contributed by atoms with van der Waals surface area (Å²) in [6.45, 7) is 0. The fraction of sp³-hybridized carbons (Fsp3) is 0.0476. The number of fused-ring (bicyclic) bond motifs is 1. The van der Waals surface area contributed by atoms with E-state index < -0.39 is 18.0 Å². The largest absolute Gasteiger partial charge is 0.456 e. The maximum Gasteiger partial charge on any atom is 0.450 e. The van der Waals surface area contributed by atoms with Crippen molar-refractivity contribution in [3.05, 3.63) is 77.3 Å². The van der Waals surface area contributed by atoms with Crippen LogP contribution in [0.2, 0.25) is 5.02 Å². The number of nitrogens with one attached hydrogen (secondary N) is 2. The van der Waals surface area contributed by atoms with E-state index in [1.807, 2.05) is 6.07 Å². The fourth-order valence-corrected chi connectivity index (χ4v) is 3.15. The van der Waals surface area contributed by atoms with Crippen LogP contribution in [0.3, 0.4) is 0 Å². The number of aromatic nitrogens is 3. The number of rotatable bonds is 4. The summed E-state index contributed by atoms with van der Waals surface area (Å²) < 4.78 is 46.3. The number of hydrogen-bond donors (Lipinski definition) is 2. The summed E-state index contributed by atoms with van der Waals surface area (Å²) >= 11 is 6.21. The number of para-hydroxylation sites is 2. The van der Waals surface area contributed by atoms with E-state index >= 15 is 0 Å². The lowest BCUT2D eigenvalue weighted by Gasteiger charge is -2.14. The van der Waals surface area contributed by atoms with Crippen LogP contribution in [0.5, 0.6) is 11.5 Å². The summed E-state index contributed by atoms with van der Waals surface area (Å²) in [5.74, 6) is -0.758. The van der Waals surface area contributed by atoms with Crippen molar-refractivity contribution in [1.82, 2.24) is 20.0 Å². The molecular formula is C21H12ClF3N6O2. The molecule has 0 saturated heterocycles. The van der Waals surface area contributed by atoms with Crippen molar-refractivity contribution in [2.24, 2.45) is 0 Å². The number of carbonyl (C=O) groups excluding carboxylic acids is 1. The van der Waals surface area contributed by atoms with Crippen molar-refractivity contribution >= 4 is 34.4 Å². The molecule has 0 aliphatic heterocycles. The first-order valence-corrected chi connectivity index (χ1v) is 9.58. The molecule has 8 nitrogen and oxygen atoms in total. The third-order valence-corrected chi connectivity index (χ3v) is 4.63. The molecule has 0 atom stereocenters. The Hall–Kier alpha value is -4.30. The Morgan fingerprint density at radius 3 is 2.67 bits per heavy atom. The molecule has 2 N–H and O–H groups in total. The van der Waals surface area contributed by atoms with Crippen molar-refractivity contribution in [1.29, 1.82) is 5.26 Å². The highest BCUT2D eigenvalue weighted by molar-refractivity contribution is 6.32. The summed E-state index contributed by atoms with van der Waals surface area (Å²) in [6, 6.07) is 13.9. The maximum atomic E-state index is 13.4. The molecule has 2 aromatic carbocycles. The van der Waals surface area contributed by atoms with Crippen molar-refractivity contribution in [3.8, 4) is 17.6 Å². The van der Waals surface area contributed by atoms with Gasteiger partial charge in [-0.1, -0.05) is 23.7 Å². The maximum absolute atomic E-state index is 13.4. The Bertz CT molecular complexity index is 1400. The van der Waals surface area contributed by atoms with Crippen LogP contribution in [0.1, 0.15) is 11.5 Å². The summed E-state index contributed by atoms with van der Waals surface area (Å²) in [7, 11) is 0. The predicted octanol–water partition coefficient (Wildman–Crippen LogP) is 5.35. The van der Waals surface area contributed by atoms with Crippen LogP contribution in [0.15, 0.2) is 60.8 Å². The molecule has 1 amide bonds. The van der Waals surface area contributed by atoms with Gasteiger partial charge >= 0.3 is 12.2 Å². The zero-order valence-electron chi connectivity index (χ0n) is 16.4. The number of nitrogens with zero attached hydrogens (tertiary/aromatic N) is 4. The number of hydrogen-bond acceptors (Lipinski definition) is 6. The van der Waals surface area contributed by atoms with Crippen molar-refractivity contribution in [2.75, 3.05) is 5.43 Å². The summed E-state index contributed by atoms with van der Waals surface area (Å²) in [5.41, 5.74) is 5.20. The molecule has 0 unspecified atom stereocenters. The van der Waals surface area contributed by atoms with Gasteiger partial charge in [-0.2, -0.15) is 18.4 Å². The Morgan fingerprint density at radius 2 is 1.94 bits per heavy atom. The SMILES string of the molecule is N#Cc1cc(Oc2ccc(NNC(=O)n3c(C(F)(F)F)nc4ccccc43)cc2Cl)ccn1. The average Bonchev–Trinajstić information content (AvgIpc) is 3.20. The van der Waals surface area contributed by atoms with Crippen molar-refractivity contribution < 1.29 is 22.7 Å². The highest BCUT2D eigenvalue weighted by Crippen LogP contribution is 2.33. The predicted molar refractivity (Wildman–Crippen MR) is 113 cm³/mol. The van der Waals surface area contributed by atoms with E-state index in [1.165, 1.54) is 60.8 Å². The highest BCUT2D eigenvalue weighted by atomic mass is 35.5. The first kappa shape index (κ1) is 21.9. The van der Waals surface area contributed by atoms with Crippen LogP contribution in [-0.2, 0) is 6.18 Å². The first-order valence-electron chi connectivity index (χ1n) is 9.21. The van der Waals surface area contributed by atoms with E-state index in [2.05, 4.69) is 20.8 Å². The van der Waals surface area contributed by atoms with Crippen LogP contribution < -0.4 is 15.6 Å². The average molecular weight is 473 g/mol. The Morgan fingerprint density at radius 1 is 1.15 bits per heavy atom. The lowest BCUT2D eigenvalue weighted by molar-refractivity contribution is -0.145. The number of imidazole rings is 1. The topological polar surface area (TPSA) is 105 Å². The van der Waals surface area contributed by atoms with E-state index in [0.717, 1.165) is 0 Å². The minimum absolute atomic E-state index is 0.00000502. The molecule has 0 aliphatic carbocycles. The Labute approximate surface area is 189 Å². The summed E-state index contributed by atoms with van der Waals surface area (Å²) in [4.78, 5) is 19.9. The minimum Gasteiger partial charge on any atom is -0.456 e. The molecule has 0 spiro atoms. The van der Waals surface area contributed by atoms with Crippen LogP contribution in [0.4, 0.5) is 23.7 Å². The summed E-state index contributed by atoms with van der Waals surface area (Å²) in [5, 5.41) is 9.05. The van der Waals surface area contributed by atoms with E-state index in [0.29, 0.717) is 10.3 Å². The van der Waals surface area contributed by atoms with Crippen LogP contribution in [-0.4, -0.2) is 20.6 Å². The Kier molecular flexibility index (Phi) is 5.76. The molecule has 2 heterocycles. The van der Waals surface area contributed by atoms with Gasteiger partial charge in [-0.25, -0.2) is 19.3 Å². The molecule has 0 fully saturated rings. The second-order valence-corrected chi connectivity index (χ2v) is 6.96. The van der Waals surface area contributed by atoms with Gasteiger partial charge in [0.25, 0.3) is 0 Å². The van der Waals surface area contributed by atoms with Gasteiger partial charge < -0.3 is 4.74 Å².